The number of ether oxygens (including phenoxy) is 1. The molecule has 0 aliphatic carbocycles. The molecule has 28 heavy (non-hydrogen) atoms. The van der Waals surface area contributed by atoms with Gasteiger partial charge in [-0.3, -0.25) is 4.79 Å². The molecule has 0 radical (unpaired) electrons. The van der Waals surface area contributed by atoms with Crippen LogP contribution in [0.1, 0.15) is 11.1 Å². The van der Waals surface area contributed by atoms with Gasteiger partial charge in [-0.05, 0) is 35.9 Å². The number of hydrogen-bond donors (Lipinski definition) is 0. The smallest absolute Gasteiger partial charge is 0.417 e. The number of benzene rings is 2. The first-order chi connectivity index (χ1) is 13.3. The lowest BCUT2D eigenvalue weighted by molar-refractivity contribution is -0.142. The van der Waals surface area contributed by atoms with Gasteiger partial charge in [-0.1, -0.05) is 35.0 Å². The van der Waals surface area contributed by atoms with Gasteiger partial charge >= 0.3 is 12.1 Å². The second-order valence-electron chi connectivity index (χ2n) is 5.57. The third kappa shape index (κ3) is 4.37. The summed E-state index contributed by atoms with van der Waals surface area (Å²) < 4.78 is 44.3. The minimum Gasteiger partial charge on any atom is -0.439 e. The molecule has 0 spiro atoms. The first-order valence-electron chi connectivity index (χ1n) is 7.80. The highest BCUT2D eigenvalue weighted by molar-refractivity contribution is 6.31. The maximum Gasteiger partial charge on any atom is 0.417 e. The van der Waals surface area contributed by atoms with Crippen LogP contribution in [0.4, 0.5) is 13.2 Å². The average molecular weight is 410 g/mol. The summed E-state index contributed by atoms with van der Waals surface area (Å²) in [6.07, 6.45) is -2.54. The molecule has 144 valence electrons. The van der Waals surface area contributed by atoms with Crippen molar-refractivity contribution in [1.82, 2.24) is 15.0 Å². The third-order valence-electron chi connectivity index (χ3n) is 3.67. The summed E-state index contributed by atoms with van der Waals surface area (Å²) in [5, 5.41) is 7.36. The summed E-state index contributed by atoms with van der Waals surface area (Å²) in [5.74, 6) is -0.870. The van der Waals surface area contributed by atoms with E-state index in [0.29, 0.717) is 10.9 Å². The predicted octanol–water partition coefficient (Wildman–Crippen LogP) is 3.68. The van der Waals surface area contributed by atoms with Gasteiger partial charge in [-0.25, -0.2) is 4.79 Å². The van der Waals surface area contributed by atoms with Crippen LogP contribution < -0.4 is 5.56 Å². The molecule has 0 unspecified atom stereocenters. The van der Waals surface area contributed by atoms with Gasteiger partial charge in [0.15, 0.2) is 6.73 Å². The van der Waals surface area contributed by atoms with Crippen LogP contribution in [-0.2, 0) is 22.4 Å². The summed E-state index contributed by atoms with van der Waals surface area (Å²) in [5.41, 5.74) is -0.993. The molecule has 1 heterocycles. The number of rotatable bonds is 4. The molecular formula is C18H11ClF3N3O3. The van der Waals surface area contributed by atoms with Gasteiger partial charge in [-0.2, -0.15) is 17.9 Å². The number of aromatic nitrogens is 3. The fourth-order valence-electron chi connectivity index (χ4n) is 2.31. The number of halogens is 4. The molecule has 2 aromatic carbocycles. The van der Waals surface area contributed by atoms with Crippen molar-refractivity contribution in [3.8, 4) is 0 Å². The second kappa shape index (κ2) is 7.81. The van der Waals surface area contributed by atoms with Gasteiger partial charge in [0.2, 0.25) is 0 Å². The van der Waals surface area contributed by atoms with Crippen LogP contribution in [-0.4, -0.2) is 21.0 Å². The van der Waals surface area contributed by atoms with Gasteiger partial charge < -0.3 is 4.74 Å². The van der Waals surface area contributed by atoms with Crippen molar-refractivity contribution in [2.45, 2.75) is 12.9 Å². The van der Waals surface area contributed by atoms with Gasteiger partial charge in [0, 0.05) is 6.08 Å². The van der Waals surface area contributed by atoms with Crippen molar-refractivity contribution in [2.75, 3.05) is 0 Å². The molecule has 0 atom stereocenters. The van der Waals surface area contributed by atoms with Crippen LogP contribution in [0, 0.1) is 0 Å². The fourth-order valence-corrected chi connectivity index (χ4v) is 2.53. The molecule has 1 aromatic heterocycles. The lowest BCUT2D eigenvalue weighted by Crippen LogP contribution is -2.26. The van der Waals surface area contributed by atoms with E-state index in [2.05, 4.69) is 10.3 Å². The molecular weight excluding hydrogens is 399 g/mol. The van der Waals surface area contributed by atoms with Crippen LogP contribution in [0.3, 0.4) is 0 Å². The molecule has 0 aliphatic heterocycles. The first-order valence-corrected chi connectivity index (χ1v) is 8.17. The largest absolute Gasteiger partial charge is 0.439 e. The van der Waals surface area contributed by atoms with Crippen LogP contribution in [0.5, 0.6) is 0 Å². The third-order valence-corrected chi connectivity index (χ3v) is 4.00. The Morgan fingerprint density at radius 2 is 1.96 bits per heavy atom. The fraction of sp³-hybridized carbons (Fsp3) is 0.111. The Labute approximate surface area is 160 Å². The molecule has 0 amide bonds. The summed E-state index contributed by atoms with van der Waals surface area (Å²) >= 11 is 5.54. The Hall–Kier alpha value is -3.20. The monoisotopic (exact) mass is 409 g/mol. The Morgan fingerprint density at radius 1 is 1.21 bits per heavy atom. The molecule has 3 aromatic rings. The quantitative estimate of drug-likeness (QED) is 0.485. The number of carbonyl (C=O) groups is 1. The maximum absolute atomic E-state index is 12.8. The number of hydrogen-bond acceptors (Lipinski definition) is 5. The van der Waals surface area contributed by atoms with Crippen molar-refractivity contribution in [2.24, 2.45) is 0 Å². The van der Waals surface area contributed by atoms with Crippen molar-refractivity contribution in [1.29, 1.82) is 0 Å². The van der Waals surface area contributed by atoms with E-state index in [1.807, 2.05) is 0 Å². The SMILES string of the molecule is O=C(/C=C/c1ccc(Cl)c(C(F)(F)F)c1)OCn1nnc2ccccc2c1=O. The summed E-state index contributed by atoms with van der Waals surface area (Å²) in [4.78, 5) is 24.0. The molecule has 6 nitrogen and oxygen atoms in total. The highest BCUT2D eigenvalue weighted by atomic mass is 35.5. The molecule has 0 bridgehead atoms. The van der Waals surface area contributed by atoms with E-state index in [9.17, 15) is 22.8 Å². The molecule has 0 saturated carbocycles. The topological polar surface area (TPSA) is 74.1 Å². The average Bonchev–Trinajstić information content (AvgIpc) is 2.66. The molecule has 10 heteroatoms. The van der Waals surface area contributed by atoms with Crippen LogP contribution in [0.2, 0.25) is 5.02 Å². The molecule has 0 saturated heterocycles. The van der Waals surface area contributed by atoms with E-state index in [1.165, 1.54) is 6.07 Å². The van der Waals surface area contributed by atoms with Gasteiger partial charge in [0.05, 0.1) is 16.0 Å². The molecule has 0 fully saturated rings. The van der Waals surface area contributed by atoms with Gasteiger partial charge in [-0.15, -0.1) is 5.10 Å². The van der Waals surface area contributed by atoms with Gasteiger partial charge in [0.1, 0.15) is 5.52 Å². The van der Waals surface area contributed by atoms with E-state index in [-0.39, 0.29) is 5.56 Å². The van der Waals surface area contributed by atoms with E-state index < -0.39 is 35.0 Å². The zero-order valence-corrected chi connectivity index (χ0v) is 14.7. The zero-order chi connectivity index (χ0) is 20.3. The predicted molar refractivity (Wildman–Crippen MR) is 95.4 cm³/mol. The van der Waals surface area contributed by atoms with Crippen LogP contribution >= 0.6 is 11.6 Å². The summed E-state index contributed by atoms with van der Waals surface area (Å²) in [7, 11) is 0. The number of alkyl halides is 3. The minimum atomic E-state index is -4.61. The first kappa shape index (κ1) is 19.6. The molecule has 0 N–H and O–H groups in total. The number of esters is 1. The van der Waals surface area contributed by atoms with Crippen LogP contribution in [0.25, 0.3) is 17.0 Å². The van der Waals surface area contributed by atoms with E-state index in [0.717, 1.165) is 29.0 Å². The van der Waals surface area contributed by atoms with Crippen molar-refractivity contribution < 1.29 is 22.7 Å². The highest BCUT2D eigenvalue weighted by Gasteiger charge is 2.33. The minimum absolute atomic E-state index is 0.108. The lowest BCUT2D eigenvalue weighted by Gasteiger charge is -2.09. The Bertz CT molecular complexity index is 1130. The van der Waals surface area contributed by atoms with E-state index >= 15 is 0 Å². The molecule has 3 rings (SSSR count). The van der Waals surface area contributed by atoms with Crippen LogP contribution in [0.15, 0.2) is 53.3 Å². The van der Waals surface area contributed by atoms with Crippen molar-refractivity contribution in [3.63, 3.8) is 0 Å². The Morgan fingerprint density at radius 3 is 2.71 bits per heavy atom. The number of nitrogens with zero attached hydrogens (tertiary/aromatic N) is 3. The van der Waals surface area contributed by atoms with Crippen molar-refractivity contribution >= 4 is 34.5 Å². The highest BCUT2D eigenvalue weighted by Crippen LogP contribution is 2.35. The molecule has 0 aliphatic rings. The second-order valence-corrected chi connectivity index (χ2v) is 5.98. The summed E-state index contributed by atoms with van der Waals surface area (Å²) in [6.45, 7) is -0.492. The Balaban J connectivity index is 1.70. The van der Waals surface area contributed by atoms with Crippen molar-refractivity contribution in [3.05, 3.63) is 75.0 Å². The normalized spacial score (nSPS) is 11.9. The number of carbonyl (C=O) groups excluding carboxylic acids is 1. The summed E-state index contributed by atoms with van der Waals surface area (Å²) in [6, 6.07) is 9.75. The van der Waals surface area contributed by atoms with E-state index in [4.69, 9.17) is 16.3 Å². The standard InChI is InChI=1S/C18H11ClF3N3O3/c19-14-7-5-11(9-13(14)18(20,21)22)6-8-16(26)28-10-25-17(27)12-3-1-2-4-15(12)23-24-25/h1-9H,10H2/b8-6+. The lowest BCUT2D eigenvalue weighted by atomic mass is 10.1. The maximum atomic E-state index is 12.8. The van der Waals surface area contributed by atoms with Gasteiger partial charge in [0.25, 0.3) is 5.56 Å². The Kier molecular flexibility index (Phi) is 5.46. The zero-order valence-electron chi connectivity index (χ0n) is 14.0. The van der Waals surface area contributed by atoms with E-state index in [1.54, 1.807) is 24.3 Å². The number of fused-ring (bicyclic) bond motifs is 1.